The highest BCUT2D eigenvalue weighted by molar-refractivity contribution is 7.98. The SMILES string of the molecule is CSc1nc2c(c(=O)[nH]1)CN(Cc1cnc[nH]1)CC2. The van der Waals surface area contributed by atoms with E-state index in [1.54, 1.807) is 6.33 Å². The molecule has 0 saturated carbocycles. The fourth-order valence-electron chi connectivity index (χ4n) is 2.30. The summed E-state index contributed by atoms with van der Waals surface area (Å²) in [5.41, 5.74) is 2.79. The highest BCUT2D eigenvalue weighted by Gasteiger charge is 2.21. The zero-order valence-electron chi connectivity index (χ0n) is 10.6. The Hall–Kier alpha value is -1.60. The summed E-state index contributed by atoms with van der Waals surface area (Å²) < 4.78 is 0. The number of hydrogen-bond donors (Lipinski definition) is 2. The summed E-state index contributed by atoms with van der Waals surface area (Å²) in [5.74, 6) is 0. The first-order valence-electron chi connectivity index (χ1n) is 6.12. The molecule has 0 fully saturated rings. The first kappa shape index (κ1) is 12.4. The van der Waals surface area contributed by atoms with E-state index in [-0.39, 0.29) is 5.56 Å². The molecule has 3 heterocycles. The van der Waals surface area contributed by atoms with Crippen molar-refractivity contribution in [3.8, 4) is 0 Å². The summed E-state index contributed by atoms with van der Waals surface area (Å²) in [4.78, 5) is 28.7. The molecule has 0 radical (unpaired) electrons. The number of rotatable bonds is 3. The van der Waals surface area contributed by atoms with E-state index in [0.717, 1.165) is 36.5 Å². The Balaban J connectivity index is 1.82. The molecule has 1 aliphatic heterocycles. The summed E-state index contributed by atoms with van der Waals surface area (Å²) in [6.45, 7) is 2.34. The number of nitrogens with one attached hydrogen (secondary N) is 2. The monoisotopic (exact) mass is 277 g/mol. The standard InChI is InChI=1S/C12H15N5OS/c1-19-12-15-10-2-3-17(5-8-4-13-7-14-8)6-9(10)11(18)16-12/h4,7H,2-3,5-6H2,1H3,(H,13,14)(H,15,16,18). The molecule has 7 heteroatoms. The number of nitrogens with zero attached hydrogens (tertiary/aromatic N) is 3. The molecule has 0 aliphatic carbocycles. The van der Waals surface area contributed by atoms with Crippen molar-refractivity contribution in [2.45, 2.75) is 24.7 Å². The largest absolute Gasteiger partial charge is 0.347 e. The molecule has 0 saturated heterocycles. The Bertz CT molecular complexity index is 622. The average Bonchev–Trinajstić information content (AvgIpc) is 2.92. The van der Waals surface area contributed by atoms with Crippen molar-refractivity contribution < 1.29 is 0 Å². The third kappa shape index (κ3) is 2.57. The third-order valence-corrected chi connectivity index (χ3v) is 3.85. The second-order valence-corrected chi connectivity index (χ2v) is 5.33. The van der Waals surface area contributed by atoms with E-state index in [1.165, 1.54) is 11.8 Å². The molecule has 0 unspecified atom stereocenters. The molecule has 2 aromatic rings. The van der Waals surface area contributed by atoms with Crippen molar-refractivity contribution in [3.63, 3.8) is 0 Å². The van der Waals surface area contributed by atoms with Crippen LogP contribution < -0.4 is 5.56 Å². The molecule has 1 aliphatic rings. The number of aromatic amines is 2. The molecule has 2 N–H and O–H groups in total. The van der Waals surface area contributed by atoms with Gasteiger partial charge in [0.15, 0.2) is 5.16 Å². The van der Waals surface area contributed by atoms with Crippen molar-refractivity contribution in [1.82, 2.24) is 24.8 Å². The Morgan fingerprint density at radius 2 is 2.42 bits per heavy atom. The highest BCUT2D eigenvalue weighted by atomic mass is 32.2. The molecule has 0 spiro atoms. The number of thioether (sulfide) groups is 1. The van der Waals surface area contributed by atoms with E-state index in [2.05, 4.69) is 24.8 Å². The topological polar surface area (TPSA) is 77.7 Å². The molecule has 100 valence electrons. The van der Waals surface area contributed by atoms with Crippen LogP contribution in [0.1, 0.15) is 17.0 Å². The van der Waals surface area contributed by atoms with Crippen LogP contribution in [0.2, 0.25) is 0 Å². The Morgan fingerprint density at radius 3 is 3.16 bits per heavy atom. The normalized spacial score (nSPS) is 15.4. The number of hydrogen-bond acceptors (Lipinski definition) is 5. The van der Waals surface area contributed by atoms with Gasteiger partial charge in [0.2, 0.25) is 0 Å². The van der Waals surface area contributed by atoms with Crippen LogP contribution in [0.15, 0.2) is 22.5 Å². The van der Waals surface area contributed by atoms with Gasteiger partial charge in [-0.2, -0.15) is 0 Å². The van der Waals surface area contributed by atoms with E-state index in [1.807, 2.05) is 12.5 Å². The van der Waals surface area contributed by atoms with Crippen LogP contribution in [-0.4, -0.2) is 37.6 Å². The van der Waals surface area contributed by atoms with Crippen LogP contribution in [-0.2, 0) is 19.5 Å². The van der Waals surface area contributed by atoms with Gasteiger partial charge in [-0.25, -0.2) is 9.97 Å². The van der Waals surface area contributed by atoms with Crippen molar-refractivity contribution >= 4 is 11.8 Å². The van der Waals surface area contributed by atoms with E-state index in [4.69, 9.17) is 0 Å². The Labute approximate surface area is 114 Å². The molecule has 6 nitrogen and oxygen atoms in total. The van der Waals surface area contributed by atoms with Crippen molar-refractivity contribution in [3.05, 3.63) is 39.8 Å². The minimum absolute atomic E-state index is 0.0105. The average molecular weight is 277 g/mol. The van der Waals surface area contributed by atoms with Crippen molar-refractivity contribution in [2.75, 3.05) is 12.8 Å². The smallest absolute Gasteiger partial charge is 0.256 e. The van der Waals surface area contributed by atoms with Crippen LogP contribution >= 0.6 is 11.8 Å². The van der Waals surface area contributed by atoms with Crippen LogP contribution in [0.25, 0.3) is 0 Å². The zero-order valence-corrected chi connectivity index (χ0v) is 11.5. The molecule has 0 amide bonds. The van der Waals surface area contributed by atoms with Gasteiger partial charge in [0.05, 0.1) is 17.6 Å². The third-order valence-electron chi connectivity index (χ3n) is 3.27. The molecule has 0 bridgehead atoms. The molecule has 3 rings (SSSR count). The maximum absolute atomic E-state index is 12.0. The number of imidazole rings is 1. The first-order valence-corrected chi connectivity index (χ1v) is 7.34. The van der Waals surface area contributed by atoms with Gasteiger partial charge < -0.3 is 9.97 Å². The fraction of sp³-hybridized carbons (Fsp3) is 0.417. The molecule has 19 heavy (non-hydrogen) atoms. The van der Waals surface area contributed by atoms with E-state index in [9.17, 15) is 4.79 Å². The maximum Gasteiger partial charge on any atom is 0.256 e. The molecule has 0 aromatic carbocycles. The molecule has 0 atom stereocenters. The van der Waals surface area contributed by atoms with Gasteiger partial charge >= 0.3 is 0 Å². The van der Waals surface area contributed by atoms with E-state index in [0.29, 0.717) is 11.7 Å². The lowest BCUT2D eigenvalue weighted by atomic mass is 10.1. The van der Waals surface area contributed by atoms with Crippen molar-refractivity contribution in [2.24, 2.45) is 0 Å². The lowest BCUT2D eigenvalue weighted by molar-refractivity contribution is 0.238. The zero-order chi connectivity index (χ0) is 13.2. The summed E-state index contributed by atoms with van der Waals surface area (Å²) in [6, 6.07) is 0. The van der Waals surface area contributed by atoms with Gasteiger partial charge in [-0.05, 0) is 6.26 Å². The molecule has 2 aromatic heterocycles. The first-order chi connectivity index (χ1) is 9.26. The molecular weight excluding hydrogens is 262 g/mol. The van der Waals surface area contributed by atoms with Crippen LogP contribution in [0, 0.1) is 0 Å². The summed E-state index contributed by atoms with van der Waals surface area (Å²) in [5, 5.41) is 0.700. The van der Waals surface area contributed by atoms with Gasteiger partial charge in [0.25, 0.3) is 5.56 Å². The van der Waals surface area contributed by atoms with Gasteiger partial charge in [-0.3, -0.25) is 9.69 Å². The van der Waals surface area contributed by atoms with E-state index < -0.39 is 0 Å². The van der Waals surface area contributed by atoms with Gasteiger partial charge in [-0.15, -0.1) is 0 Å². The van der Waals surface area contributed by atoms with E-state index >= 15 is 0 Å². The number of H-pyrrole nitrogens is 2. The van der Waals surface area contributed by atoms with Crippen molar-refractivity contribution in [1.29, 1.82) is 0 Å². The highest BCUT2D eigenvalue weighted by Crippen LogP contribution is 2.17. The predicted octanol–water partition coefficient (Wildman–Crippen LogP) is 0.773. The quantitative estimate of drug-likeness (QED) is 0.640. The minimum atomic E-state index is -0.0105. The maximum atomic E-state index is 12.0. The number of aromatic nitrogens is 4. The Morgan fingerprint density at radius 1 is 1.53 bits per heavy atom. The number of fused-ring (bicyclic) bond motifs is 1. The Kier molecular flexibility index (Phi) is 3.39. The predicted molar refractivity (Wildman–Crippen MR) is 73.0 cm³/mol. The second kappa shape index (κ2) is 5.18. The summed E-state index contributed by atoms with van der Waals surface area (Å²) in [6.07, 6.45) is 6.22. The van der Waals surface area contributed by atoms with Gasteiger partial charge in [0, 0.05) is 37.9 Å². The minimum Gasteiger partial charge on any atom is -0.347 e. The summed E-state index contributed by atoms with van der Waals surface area (Å²) in [7, 11) is 0. The summed E-state index contributed by atoms with van der Waals surface area (Å²) >= 11 is 1.47. The lowest BCUT2D eigenvalue weighted by Gasteiger charge is -2.26. The lowest BCUT2D eigenvalue weighted by Crippen LogP contribution is -2.35. The fourth-order valence-corrected chi connectivity index (χ4v) is 2.70. The second-order valence-electron chi connectivity index (χ2n) is 4.54. The molecular formula is C12H15N5OS. The van der Waals surface area contributed by atoms with Crippen LogP contribution in [0.4, 0.5) is 0 Å². The van der Waals surface area contributed by atoms with Crippen LogP contribution in [0.3, 0.4) is 0 Å². The van der Waals surface area contributed by atoms with Crippen LogP contribution in [0.5, 0.6) is 0 Å². The van der Waals surface area contributed by atoms with Gasteiger partial charge in [0.1, 0.15) is 0 Å². The van der Waals surface area contributed by atoms with Gasteiger partial charge in [-0.1, -0.05) is 11.8 Å².